The summed E-state index contributed by atoms with van der Waals surface area (Å²) >= 11 is 1.18. The first-order valence-corrected chi connectivity index (χ1v) is 10.9. The first kappa shape index (κ1) is 22.3. The van der Waals surface area contributed by atoms with Gasteiger partial charge in [0.2, 0.25) is 6.79 Å². The molecule has 0 bridgehead atoms. The maximum atomic E-state index is 12.5. The van der Waals surface area contributed by atoms with Crippen molar-refractivity contribution >= 4 is 29.1 Å². The number of hydrogen-bond acceptors (Lipinski definition) is 9. The maximum Gasteiger partial charge on any atom is 0.270 e. The molecule has 1 aliphatic heterocycles. The number of non-ortho nitro benzene ring substituents is 1. The summed E-state index contributed by atoms with van der Waals surface area (Å²) in [6, 6.07) is 10.5. The normalized spacial score (nSPS) is 11.9. The summed E-state index contributed by atoms with van der Waals surface area (Å²) in [5.41, 5.74) is 0.553. The summed E-state index contributed by atoms with van der Waals surface area (Å²) in [5, 5.41) is 22.5. The molecule has 0 saturated carbocycles. The van der Waals surface area contributed by atoms with Crippen molar-refractivity contribution in [3.05, 3.63) is 69.5 Å². The monoisotopic (exact) mass is 469 g/mol. The van der Waals surface area contributed by atoms with Gasteiger partial charge in [-0.3, -0.25) is 19.7 Å². The van der Waals surface area contributed by atoms with Crippen molar-refractivity contribution in [2.75, 3.05) is 12.5 Å². The van der Waals surface area contributed by atoms with Crippen LogP contribution in [0, 0.1) is 10.1 Å². The van der Waals surface area contributed by atoms with E-state index in [2.05, 4.69) is 15.5 Å². The van der Waals surface area contributed by atoms with Crippen LogP contribution in [0.2, 0.25) is 0 Å². The van der Waals surface area contributed by atoms with Crippen LogP contribution < -0.4 is 14.8 Å². The molecule has 2 heterocycles. The molecule has 0 fully saturated rings. The van der Waals surface area contributed by atoms with Gasteiger partial charge in [-0.1, -0.05) is 23.9 Å². The van der Waals surface area contributed by atoms with E-state index in [4.69, 9.17) is 9.47 Å². The summed E-state index contributed by atoms with van der Waals surface area (Å²) in [7, 11) is 0. The molecule has 0 radical (unpaired) electrons. The average Bonchev–Trinajstić information content (AvgIpc) is 3.46. The number of nitro benzene ring substituents is 1. The Morgan fingerprint density at radius 3 is 2.76 bits per heavy atom. The predicted molar refractivity (Wildman–Crippen MR) is 118 cm³/mol. The third kappa shape index (κ3) is 4.95. The molecule has 11 nitrogen and oxygen atoms in total. The van der Waals surface area contributed by atoms with E-state index in [9.17, 15) is 19.7 Å². The Morgan fingerprint density at radius 2 is 1.97 bits per heavy atom. The van der Waals surface area contributed by atoms with Crippen molar-refractivity contribution in [2.24, 2.45) is 0 Å². The summed E-state index contributed by atoms with van der Waals surface area (Å²) in [5.74, 6) is 1.14. The molecule has 1 N–H and O–H groups in total. The maximum absolute atomic E-state index is 12.5. The Balaban J connectivity index is 1.37. The quantitative estimate of drug-likeness (QED) is 0.217. The van der Waals surface area contributed by atoms with E-state index in [1.165, 1.54) is 36.0 Å². The second-order valence-corrected chi connectivity index (χ2v) is 7.86. The molecule has 0 saturated heterocycles. The minimum Gasteiger partial charge on any atom is -0.454 e. The van der Waals surface area contributed by atoms with Gasteiger partial charge in [0.05, 0.1) is 17.2 Å². The first-order chi connectivity index (χ1) is 16.0. The van der Waals surface area contributed by atoms with Gasteiger partial charge >= 0.3 is 0 Å². The number of carbonyl (C=O) groups excluding carboxylic acids is 2. The number of nitro groups is 1. The lowest BCUT2D eigenvalue weighted by Gasteiger charge is -2.09. The highest BCUT2D eigenvalue weighted by molar-refractivity contribution is 7.99. The summed E-state index contributed by atoms with van der Waals surface area (Å²) in [4.78, 5) is 35.4. The van der Waals surface area contributed by atoms with Crippen molar-refractivity contribution in [1.29, 1.82) is 0 Å². The number of rotatable bonds is 9. The van der Waals surface area contributed by atoms with Gasteiger partial charge in [0, 0.05) is 29.8 Å². The van der Waals surface area contributed by atoms with Gasteiger partial charge in [0.1, 0.15) is 0 Å². The molecular formula is C21H19N5O6S. The number of aromatic nitrogens is 3. The van der Waals surface area contributed by atoms with Crippen LogP contribution in [0.5, 0.6) is 11.5 Å². The summed E-state index contributed by atoms with van der Waals surface area (Å²) in [6.07, 6.45) is 0. The third-order valence-corrected chi connectivity index (χ3v) is 5.83. The van der Waals surface area contributed by atoms with Gasteiger partial charge < -0.3 is 19.4 Å². The smallest absolute Gasteiger partial charge is 0.270 e. The lowest BCUT2D eigenvalue weighted by Crippen LogP contribution is -2.24. The lowest BCUT2D eigenvalue weighted by atomic mass is 10.1. The van der Waals surface area contributed by atoms with E-state index in [-0.39, 0.29) is 42.0 Å². The summed E-state index contributed by atoms with van der Waals surface area (Å²) in [6.45, 7) is 2.71. The standard InChI is InChI=1S/C21H19N5O6S/c1-2-25-19(10-22-20(28)14-6-7-17-18(9-14)32-12-31-17)23-24-21(25)33-11-16(27)13-4-3-5-15(8-13)26(29)30/h3-9H,2,10-12H2,1H3,(H,22,28). The first-order valence-electron chi connectivity index (χ1n) is 9.96. The zero-order valence-corrected chi connectivity index (χ0v) is 18.3. The molecule has 1 aliphatic rings. The van der Waals surface area contributed by atoms with Crippen LogP contribution in [0.25, 0.3) is 0 Å². The number of ketones is 1. The fraction of sp³-hybridized carbons (Fsp3) is 0.238. The minimum atomic E-state index is -0.540. The lowest BCUT2D eigenvalue weighted by molar-refractivity contribution is -0.384. The number of hydrogen-bond donors (Lipinski definition) is 1. The number of nitrogens with zero attached hydrogens (tertiary/aromatic N) is 4. The molecule has 1 amide bonds. The predicted octanol–water partition coefficient (Wildman–Crippen LogP) is 2.84. The van der Waals surface area contributed by atoms with Crippen LogP contribution in [0.4, 0.5) is 5.69 Å². The largest absolute Gasteiger partial charge is 0.454 e. The second-order valence-electron chi connectivity index (χ2n) is 6.91. The van der Waals surface area contributed by atoms with Crippen molar-refractivity contribution < 1.29 is 24.0 Å². The van der Waals surface area contributed by atoms with Crippen LogP contribution in [0.15, 0.2) is 47.6 Å². The minimum absolute atomic E-state index is 0.0445. The molecule has 4 rings (SSSR count). The topological polar surface area (TPSA) is 138 Å². The molecule has 12 heteroatoms. The van der Waals surface area contributed by atoms with Crippen LogP contribution >= 0.6 is 11.8 Å². The van der Waals surface area contributed by atoms with E-state index >= 15 is 0 Å². The molecule has 0 spiro atoms. The van der Waals surface area contributed by atoms with Gasteiger partial charge in [-0.2, -0.15) is 0 Å². The van der Waals surface area contributed by atoms with E-state index in [1.54, 1.807) is 22.8 Å². The highest BCUT2D eigenvalue weighted by atomic mass is 32.2. The molecule has 33 heavy (non-hydrogen) atoms. The molecule has 0 aliphatic carbocycles. The Morgan fingerprint density at radius 1 is 1.15 bits per heavy atom. The number of thioether (sulfide) groups is 1. The Bertz CT molecular complexity index is 1230. The summed E-state index contributed by atoms with van der Waals surface area (Å²) < 4.78 is 12.3. The third-order valence-electron chi connectivity index (χ3n) is 4.86. The van der Waals surface area contributed by atoms with E-state index in [0.29, 0.717) is 34.6 Å². The zero-order valence-electron chi connectivity index (χ0n) is 17.5. The Labute approximate surface area is 192 Å². The zero-order chi connectivity index (χ0) is 23.4. The second kappa shape index (κ2) is 9.69. The number of carbonyl (C=O) groups is 2. The number of ether oxygens (including phenoxy) is 2. The van der Waals surface area contributed by atoms with Gasteiger partial charge in [0.25, 0.3) is 11.6 Å². The fourth-order valence-electron chi connectivity index (χ4n) is 3.18. The number of nitrogens with one attached hydrogen (secondary N) is 1. The van der Waals surface area contributed by atoms with E-state index in [1.807, 2.05) is 6.92 Å². The number of benzene rings is 2. The van der Waals surface area contributed by atoms with Crippen LogP contribution in [-0.4, -0.2) is 43.9 Å². The van der Waals surface area contributed by atoms with Crippen LogP contribution in [0.3, 0.4) is 0 Å². The highest BCUT2D eigenvalue weighted by Crippen LogP contribution is 2.32. The number of amides is 1. The molecule has 1 aromatic heterocycles. The van der Waals surface area contributed by atoms with Gasteiger partial charge in [-0.05, 0) is 25.1 Å². The van der Waals surface area contributed by atoms with E-state index in [0.717, 1.165) is 0 Å². The molecule has 3 aromatic rings. The van der Waals surface area contributed by atoms with Crippen LogP contribution in [0.1, 0.15) is 33.5 Å². The van der Waals surface area contributed by atoms with Crippen molar-refractivity contribution in [2.45, 2.75) is 25.2 Å². The van der Waals surface area contributed by atoms with Crippen molar-refractivity contribution in [1.82, 2.24) is 20.1 Å². The number of fused-ring (bicyclic) bond motifs is 1. The number of Topliss-reactive ketones (excluding diaryl/α,β-unsaturated/α-hetero) is 1. The van der Waals surface area contributed by atoms with Gasteiger partial charge in [-0.25, -0.2) is 0 Å². The van der Waals surface area contributed by atoms with Gasteiger partial charge in [-0.15, -0.1) is 10.2 Å². The molecule has 0 unspecified atom stereocenters. The van der Waals surface area contributed by atoms with Crippen molar-refractivity contribution in [3.63, 3.8) is 0 Å². The average molecular weight is 469 g/mol. The Kier molecular flexibility index (Phi) is 6.54. The fourth-order valence-corrected chi connectivity index (χ4v) is 4.10. The molecule has 0 atom stereocenters. The molecule has 170 valence electrons. The highest BCUT2D eigenvalue weighted by Gasteiger charge is 2.18. The SMILES string of the molecule is CCn1c(CNC(=O)c2ccc3c(c2)OCO3)nnc1SCC(=O)c1cccc([N+](=O)[O-])c1. The molecular weight excluding hydrogens is 450 g/mol. The van der Waals surface area contributed by atoms with Gasteiger partial charge in [0.15, 0.2) is 28.3 Å². The van der Waals surface area contributed by atoms with Crippen molar-refractivity contribution in [3.8, 4) is 11.5 Å². The van der Waals surface area contributed by atoms with E-state index < -0.39 is 4.92 Å². The van der Waals surface area contributed by atoms with Crippen LogP contribution in [-0.2, 0) is 13.1 Å². The molecule has 2 aromatic carbocycles. The Hall–Kier alpha value is -3.93.